The van der Waals surface area contributed by atoms with E-state index in [1.807, 2.05) is 24.3 Å². The maximum Gasteiger partial charge on any atom is 0.257 e. The number of nitrogens with one attached hydrogen (secondary N) is 1. The van der Waals surface area contributed by atoms with Crippen LogP contribution in [0.25, 0.3) is 11.0 Å². The Morgan fingerprint density at radius 3 is 2.67 bits per heavy atom. The van der Waals surface area contributed by atoms with Crippen LogP contribution in [0.4, 0.5) is 5.82 Å². The summed E-state index contributed by atoms with van der Waals surface area (Å²) in [5.74, 6) is 1.40. The van der Waals surface area contributed by atoms with E-state index in [1.165, 1.54) is 19.3 Å². The van der Waals surface area contributed by atoms with E-state index >= 15 is 0 Å². The Kier molecular flexibility index (Phi) is 4.20. The number of hydrogen-bond acceptors (Lipinski definition) is 5. The Morgan fingerprint density at radius 2 is 2.00 bits per heavy atom. The van der Waals surface area contributed by atoms with Crippen molar-refractivity contribution in [3.8, 4) is 5.88 Å². The standard InChI is InChI=1S/C16H22N4O/c1-20(11-12-7-5-6-10-17-12)15-16(21-2)19-14-9-4-3-8-13(14)18-15/h3-4,8-9,12,17H,5-7,10-11H2,1-2H3/t12-/m0/s1. The first-order valence-corrected chi connectivity index (χ1v) is 7.53. The quantitative estimate of drug-likeness (QED) is 0.934. The van der Waals surface area contributed by atoms with Gasteiger partial charge in [-0.1, -0.05) is 18.6 Å². The van der Waals surface area contributed by atoms with Crippen LogP contribution in [0, 0.1) is 0 Å². The third-order valence-corrected chi connectivity index (χ3v) is 3.98. The van der Waals surface area contributed by atoms with Gasteiger partial charge in [-0.2, -0.15) is 0 Å². The zero-order valence-corrected chi connectivity index (χ0v) is 12.7. The van der Waals surface area contributed by atoms with Gasteiger partial charge in [-0.25, -0.2) is 9.97 Å². The molecule has 5 heteroatoms. The lowest BCUT2D eigenvalue weighted by Gasteiger charge is -2.29. The van der Waals surface area contributed by atoms with Gasteiger partial charge in [0.1, 0.15) is 0 Å². The molecule has 112 valence electrons. The second-order valence-corrected chi connectivity index (χ2v) is 5.57. The minimum Gasteiger partial charge on any atom is -0.478 e. The molecule has 2 aromatic rings. The highest BCUT2D eigenvalue weighted by atomic mass is 16.5. The molecule has 1 N–H and O–H groups in total. The molecular formula is C16H22N4O. The van der Waals surface area contributed by atoms with Crippen LogP contribution in [-0.2, 0) is 0 Å². The van der Waals surface area contributed by atoms with Gasteiger partial charge in [-0.15, -0.1) is 0 Å². The summed E-state index contributed by atoms with van der Waals surface area (Å²) in [5.41, 5.74) is 1.76. The number of anilines is 1. The maximum absolute atomic E-state index is 5.43. The molecule has 2 heterocycles. The maximum atomic E-state index is 5.43. The lowest BCUT2D eigenvalue weighted by molar-refractivity contribution is 0.388. The zero-order chi connectivity index (χ0) is 14.7. The van der Waals surface area contributed by atoms with Crippen molar-refractivity contribution in [1.29, 1.82) is 0 Å². The van der Waals surface area contributed by atoms with Crippen molar-refractivity contribution >= 4 is 16.9 Å². The van der Waals surface area contributed by atoms with E-state index in [1.54, 1.807) is 7.11 Å². The Morgan fingerprint density at radius 1 is 1.24 bits per heavy atom. The highest BCUT2D eigenvalue weighted by molar-refractivity contribution is 5.77. The van der Waals surface area contributed by atoms with Gasteiger partial charge in [-0.3, -0.25) is 0 Å². The van der Waals surface area contributed by atoms with Crippen LogP contribution in [0.5, 0.6) is 5.88 Å². The smallest absolute Gasteiger partial charge is 0.257 e. The number of rotatable bonds is 4. The Hall–Kier alpha value is -1.88. The van der Waals surface area contributed by atoms with E-state index in [9.17, 15) is 0 Å². The lowest BCUT2D eigenvalue weighted by atomic mass is 10.0. The number of likely N-dealkylation sites (N-methyl/N-ethyl adjacent to an activating group) is 1. The number of nitrogens with zero attached hydrogens (tertiary/aromatic N) is 3. The van der Waals surface area contributed by atoms with Crippen molar-refractivity contribution in [2.45, 2.75) is 25.3 Å². The molecule has 0 amide bonds. The van der Waals surface area contributed by atoms with Crippen LogP contribution in [0.15, 0.2) is 24.3 Å². The van der Waals surface area contributed by atoms with E-state index < -0.39 is 0 Å². The number of fused-ring (bicyclic) bond motifs is 1. The highest BCUT2D eigenvalue weighted by Gasteiger charge is 2.19. The monoisotopic (exact) mass is 286 g/mol. The number of hydrogen-bond donors (Lipinski definition) is 1. The number of methoxy groups -OCH3 is 1. The zero-order valence-electron chi connectivity index (χ0n) is 12.7. The molecule has 0 saturated carbocycles. The summed E-state index contributed by atoms with van der Waals surface area (Å²) in [7, 11) is 3.70. The third kappa shape index (κ3) is 3.08. The molecule has 1 aliphatic heterocycles. The summed E-state index contributed by atoms with van der Waals surface area (Å²) in [6, 6.07) is 8.40. The Labute approximate surface area is 125 Å². The van der Waals surface area contributed by atoms with Gasteiger partial charge in [0, 0.05) is 19.6 Å². The van der Waals surface area contributed by atoms with E-state index in [4.69, 9.17) is 9.72 Å². The average molecular weight is 286 g/mol. The second-order valence-electron chi connectivity index (χ2n) is 5.57. The first-order chi connectivity index (χ1) is 10.3. The summed E-state index contributed by atoms with van der Waals surface area (Å²) >= 11 is 0. The van der Waals surface area contributed by atoms with Crippen molar-refractivity contribution in [2.24, 2.45) is 0 Å². The molecule has 1 aromatic carbocycles. The number of ether oxygens (including phenoxy) is 1. The van der Waals surface area contributed by atoms with Crippen LogP contribution >= 0.6 is 0 Å². The van der Waals surface area contributed by atoms with Crippen LogP contribution in [0.2, 0.25) is 0 Å². The van der Waals surface area contributed by atoms with Crippen molar-refractivity contribution < 1.29 is 4.74 Å². The lowest BCUT2D eigenvalue weighted by Crippen LogP contribution is -2.42. The van der Waals surface area contributed by atoms with Crippen molar-refractivity contribution in [3.63, 3.8) is 0 Å². The van der Waals surface area contributed by atoms with Crippen LogP contribution in [0.1, 0.15) is 19.3 Å². The first-order valence-electron chi connectivity index (χ1n) is 7.53. The molecule has 21 heavy (non-hydrogen) atoms. The van der Waals surface area contributed by atoms with Gasteiger partial charge in [0.15, 0.2) is 5.82 Å². The van der Waals surface area contributed by atoms with E-state index in [0.29, 0.717) is 11.9 Å². The van der Waals surface area contributed by atoms with Gasteiger partial charge >= 0.3 is 0 Å². The molecule has 1 saturated heterocycles. The molecule has 0 bridgehead atoms. The minimum absolute atomic E-state index is 0.515. The van der Waals surface area contributed by atoms with Gasteiger partial charge in [0.2, 0.25) is 0 Å². The summed E-state index contributed by atoms with van der Waals surface area (Å²) in [6.07, 6.45) is 3.79. The van der Waals surface area contributed by atoms with Crippen LogP contribution in [-0.4, -0.2) is 43.3 Å². The molecule has 1 atom stereocenters. The van der Waals surface area contributed by atoms with Crippen molar-refractivity contribution in [1.82, 2.24) is 15.3 Å². The highest BCUT2D eigenvalue weighted by Crippen LogP contribution is 2.26. The molecule has 3 rings (SSSR count). The van der Waals surface area contributed by atoms with Gasteiger partial charge < -0.3 is 15.0 Å². The van der Waals surface area contributed by atoms with E-state index in [-0.39, 0.29) is 0 Å². The average Bonchev–Trinajstić information content (AvgIpc) is 2.54. The second kappa shape index (κ2) is 6.26. The molecule has 0 radical (unpaired) electrons. The largest absolute Gasteiger partial charge is 0.478 e. The SMILES string of the molecule is COc1nc2ccccc2nc1N(C)C[C@@H]1CCCCN1. The fourth-order valence-electron chi connectivity index (χ4n) is 2.86. The topological polar surface area (TPSA) is 50.3 Å². The summed E-state index contributed by atoms with van der Waals surface area (Å²) in [5, 5.41) is 3.56. The number of benzene rings is 1. The van der Waals surface area contributed by atoms with Crippen molar-refractivity contribution in [2.75, 3.05) is 32.1 Å². The van der Waals surface area contributed by atoms with Crippen LogP contribution in [0.3, 0.4) is 0 Å². The Bertz CT molecular complexity index is 610. The fourth-order valence-corrected chi connectivity index (χ4v) is 2.86. The minimum atomic E-state index is 0.515. The normalized spacial score (nSPS) is 18.7. The molecule has 1 aromatic heterocycles. The van der Waals surface area contributed by atoms with E-state index in [2.05, 4.69) is 22.2 Å². The predicted molar refractivity (Wildman–Crippen MR) is 85.0 cm³/mol. The number of para-hydroxylation sites is 2. The van der Waals surface area contributed by atoms with E-state index in [0.717, 1.165) is 29.9 Å². The number of piperidine rings is 1. The molecule has 1 aliphatic rings. The molecule has 1 fully saturated rings. The molecule has 0 spiro atoms. The van der Waals surface area contributed by atoms with Gasteiger partial charge in [0.25, 0.3) is 5.88 Å². The molecule has 0 aliphatic carbocycles. The first kappa shape index (κ1) is 14.1. The molecule has 0 unspecified atom stereocenters. The summed E-state index contributed by atoms with van der Waals surface area (Å²) in [4.78, 5) is 11.4. The van der Waals surface area contributed by atoms with Gasteiger partial charge in [0.05, 0.1) is 18.1 Å². The third-order valence-electron chi connectivity index (χ3n) is 3.98. The summed E-state index contributed by atoms with van der Waals surface area (Å²) in [6.45, 7) is 2.03. The van der Waals surface area contributed by atoms with Gasteiger partial charge in [-0.05, 0) is 31.5 Å². The summed E-state index contributed by atoms with van der Waals surface area (Å²) < 4.78 is 5.43. The predicted octanol–water partition coefficient (Wildman–Crippen LogP) is 2.22. The van der Waals surface area contributed by atoms with Crippen molar-refractivity contribution in [3.05, 3.63) is 24.3 Å². The molecular weight excluding hydrogens is 264 g/mol. The fraction of sp³-hybridized carbons (Fsp3) is 0.500. The van der Waals surface area contributed by atoms with Crippen LogP contribution < -0.4 is 15.0 Å². The Balaban J connectivity index is 1.86. The molecule has 5 nitrogen and oxygen atoms in total. The number of aromatic nitrogens is 2.